The lowest BCUT2D eigenvalue weighted by Crippen LogP contribution is -2.73. The minimum Gasteiger partial charge on any atom is -0.477 e. The predicted molar refractivity (Wildman–Crippen MR) is 103 cm³/mol. The standard InChI is InChI=1S/C19H32F2N2O8/c1-3-4-5-6-7-8-12(26)30-9-11(25)15(27)16-14(23-10(2)24)13(22)17(20)19(21,31-16)18(28)29/h11,13-17,25,27H,3-9,22H2,1-2H3,(H,23,24)(H,28,29)/t11-,13?,14-,15-,16?,17+,19-/m1/s1. The second kappa shape index (κ2) is 12.2. The molecule has 0 saturated carbocycles. The molecule has 0 aromatic carbocycles. The van der Waals surface area contributed by atoms with E-state index in [1.807, 2.05) is 0 Å². The smallest absolute Gasteiger partial charge is 0.372 e. The molecule has 2 unspecified atom stereocenters. The number of halogens is 2. The molecular formula is C19H32F2N2O8. The van der Waals surface area contributed by atoms with E-state index in [0.29, 0.717) is 6.42 Å². The zero-order chi connectivity index (χ0) is 23.8. The van der Waals surface area contributed by atoms with Gasteiger partial charge < -0.3 is 35.8 Å². The van der Waals surface area contributed by atoms with Gasteiger partial charge in [-0.3, -0.25) is 9.59 Å². The van der Waals surface area contributed by atoms with Crippen LogP contribution >= 0.6 is 0 Å². The number of amides is 1. The first-order valence-corrected chi connectivity index (χ1v) is 10.2. The van der Waals surface area contributed by atoms with Crippen LogP contribution in [0.15, 0.2) is 0 Å². The number of carboxylic acid groups (broad SMARTS) is 1. The molecule has 180 valence electrons. The number of ether oxygens (including phenoxy) is 2. The molecule has 6 N–H and O–H groups in total. The lowest BCUT2D eigenvalue weighted by molar-refractivity contribution is -0.276. The van der Waals surface area contributed by atoms with Gasteiger partial charge in [0.15, 0.2) is 6.17 Å². The molecule has 7 atom stereocenters. The maximum atomic E-state index is 14.6. The minimum atomic E-state index is -3.91. The van der Waals surface area contributed by atoms with Crippen LogP contribution in [0, 0.1) is 0 Å². The highest BCUT2D eigenvalue weighted by Crippen LogP contribution is 2.35. The fourth-order valence-electron chi connectivity index (χ4n) is 3.29. The van der Waals surface area contributed by atoms with Gasteiger partial charge in [-0.2, -0.15) is 4.39 Å². The van der Waals surface area contributed by atoms with Gasteiger partial charge in [-0.05, 0) is 6.42 Å². The number of aliphatic carboxylic acids is 1. The summed E-state index contributed by atoms with van der Waals surface area (Å²) in [5, 5.41) is 31.7. The summed E-state index contributed by atoms with van der Waals surface area (Å²) >= 11 is 0. The molecule has 0 aliphatic carbocycles. The maximum Gasteiger partial charge on any atom is 0.372 e. The lowest BCUT2D eigenvalue weighted by Gasteiger charge is -2.45. The normalized spacial score (nSPS) is 30.3. The molecule has 0 aromatic heterocycles. The van der Waals surface area contributed by atoms with E-state index in [0.717, 1.165) is 32.6 Å². The number of unbranched alkanes of at least 4 members (excludes halogenated alkanes) is 4. The van der Waals surface area contributed by atoms with Gasteiger partial charge in [-0.15, -0.1) is 0 Å². The Kier molecular flexibility index (Phi) is 10.7. The zero-order valence-corrected chi connectivity index (χ0v) is 17.6. The summed E-state index contributed by atoms with van der Waals surface area (Å²) in [5.74, 6) is -7.59. The van der Waals surface area contributed by atoms with Crippen molar-refractivity contribution in [2.45, 2.75) is 94.8 Å². The molecule has 1 amide bonds. The summed E-state index contributed by atoms with van der Waals surface area (Å²) in [6.07, 6.45) is -4.11. The van der Waals surface area contributed by atoms with Crippen LogP contribution in [-0.2, 0) is 23.9 Å². The number of carboxylic acids is 1. The Morgan fingerprint density at radius 2 is 1.84 bits per heavy atom. The summed E-state index contributed by atoms with van der Waals surface area (Å²) in [6, 6.07) is -3.47. The van der Waals surface area contributed by atoms with Crippen LogP contribution in [0.5, 0.6) is 0 Å². The molecular weight excluding hydrogens is 422 g/mol. The number of nitrogens with two attached hydrogens (primary N) is 1. The van der Waals surface area contributed by atoms with Crippen LogP contribution < -0.4 is 11.1 Å². The topological polar surface area (TPSA) is 168 Å². The number of rotatable bonds is 12. The number of esters is 1. The van der Waals surface area contributed by atoms with Gasteiger partial charge >= 0.3 is 17.8 Å². The zero-order valence-electron chi connectivity index (χ0n) is 17.6. The average Bonchev–Trinajstić information content (AvgIpc) is 2.71. The minimum absolute atomic E-state index is 0.0992. The van der Waals surface area contributed by atoms with Crippen LogP contribution in [0.25, 0.3) is 0 Å². The molecule has 1 fully saturated rings. The van der Waals surface area contributed by atoms with Crippen LogP contribution in [0.4, 0.5) is 8.78 Å². The average molecular weight is 454 g/mol. The third kappa shape index (κ3) is 7.34. The van der Waals surface area contributed by atoms with Crippen LogP contribution in [0.2, 0.25) is 0 Å². The van der Waals surface area contributed by atoms with E-state index in [1.165, 1.54) is 0 Å². The Bertz CT molecular complexity index is 626. The first-order chi connectivity index (χ1) is 14.5. The Morgan fingerprint density at radius 1 is 1.23 bits per heavy atom. The summed E-state index contributed by atoms with van der Waals surface area (Å²) in [6.45, 7) is 2.39. The molecule has 1 saturated heterocycles. The third-order valence-corrected chi connectivity index (χ3v) is 5.06. The monoisotopic (exact) mass is 454 g/mol. The van der Waals surface area contributed by atoms with E-state index in [1.54, 1.807) is 0 Å². The predicted octanol–water partition coefficient (Wildman–Crippen LogP) is -0.0688. The number of nitrogens with one attached hydrogen (secondary N) is 1. The summed E-state index contributed by atoms with van der Waals surface area (Å²) in [7, 11) is 0. The van der Waals surface area contributed by atoms with Gasteiger partial charge in [0.25, 0.3) is 0 Å². The maximum absolute atomic E-state index is 14.6. The van der Waals surface area contributed by atoms with E-state index < -0.39 is 66.9 Å². The van der Waals surface area contributed by atoms with Crippen molar-refractivity contribution in [3.05, 3.63) is 0 Å². The van der Waals surface area contributed by atoms with Crippen molar-refractivity contribution in [2.24, 2.45) is 5.73 Å². The molecule has 12 heteroatoms. The van der Waals surface area contributed by atoms with E-state index in [2.05, 4.69) is 17.0 Å². The molecule has 0 radical (unpaired) electrons. The molecule has 31 heavy (non-hydrogen) atoms. The van der Waals surface area contributed by atoms with Crippen molar-refractivity contribution >= 4 is 17.8 Å². The molecule has 0 bridgehead atoms. The Labute approximate surface area is 179 Å². The second-order valence-corrected chi connectivity index (χ2v) is 7.64. The number of hydrogen-bond acceptors (Lipinski definition) is 8. The van der Waals surface area contributed by atoms with Gasteiger partial charge in [-0.25, -0.2) is 9.18 Å². The third-order valence-electron chi connectivity index (χ3n) is 5.06. The Balaban J connectivity index is 2.78. The van der Waals surface area contributed by atoms with E-state index in [9.17, 15) is 33.4 Å². The highest BCUT2D eigenvalue weighted by Gasteiger charge is 2.62. The number of aliphatic hydroxyl groups excluding tert-OH is 2. The van der Waals surface area contributed by atoms with Gasteiger partial charge in [0.05, 0.1) is 12.1 Å². The van der Waals surface area contributed by atoms with Crippen molar-refractivity contribution in [3.8, 4) is 0 Å². The molecule has 1 aliphatic heterocycles. The molecule has 1 rings (SSSR count). The van der Waals surface area contributed by atoms with Crippen LogP contribution in [0.1, 0.15) is 52.4 Å². The largest absolute Gasteiger partial charge is 0.477 e. The number of carbonyl (C=O) groups is 3. The van der Waals surface area contributed by atoms with Crippen molar-refractivity contribution in [1.29, 1.82) is 0 Å². The highest BCUT2D eigenvalue weighted by atomic mass is 19.2. The van der Waals surface area contributed by atoms with Gasteiger partial charge in [0.2, 0.25) is 5.91 Å². The second-order valence-electron chi connectivity index (χ2n) is 7.64. The molecule has 0 spiro atoms. The van der Waals surface area contributed by atoms with Crippen molar-refractivity contribution in [3.63, 3.8) is 0 Å². The quantitative estimate of drug-likeness (QED) is 0.200. The molecule has 10 nitrogen and oxygen atoms in total. The van der Waals surface area contributed by atoms with Gasteiger partial charge in [0, 0.05) is 13.3 Å². The fraction of sp³-hybridized carbons (Fsp3) is 0.842. The van der Waals surface area contributed by atoms with Crippen molar-refractivity contribution in [2.75, 3.05) is 6.61 Å². The van der Waals surface area contributed by atoms with E-state index >= 15 is 0 Å². The van der Waals surface area contributed by atoms with E-state index in [-0.39, 0.29) is 6.42 Å². The summed E-state index contributed by atoms with van der Waals surface area (Å²) < 4.78 is 38.4. The Hall–Kier alpha value is -1.89. The van der Waals surface area contributed by atoms with Crippen LogP contribution in [0.3, 0.4) is 0 Å². The first-order valence-electron chi connectivity index (χ1n) is 10.2. The van der Waals surface area contributed by atoms with Gasteiger partial charge in [0.1, 0.15) is 24.9 Å². The molecule has 1 aliphatic rings. The SMILES string of the molecule is CCCCCCCC(=O)OC[C@@H](O)[C@@H](O)C1O[C@@](F)(C(=O)O)[C@@H](F)C(N)[C@H]1NC(C)=O. The van der Waals surface area contributed by atoms with Crippen molar-refractivity contribution in [1.82, 2.24) is 5.32 Å². The number of alkyl halides is 2. The number of hydrogen-bond donors (Lipinski definition) is 5. The van der Waals surface area contributed by atoms with Crippen molar-refractivity contribution < 1.29 is 48.0 Å². The molecule has 1 heterocycles. The first kappa shape index (κ1) is 27.1. The number of carbonyl (C=O) groups excluding carboxylic acids is 2. The van der Waals surface area contributed by atoms with Gasteiger partial charge in [-0.1, -0.05) is 32.6 Å². The number of aliphatic hydroxyl groups is 2. The highest BCUT2D eigenvalue weighted by molar-refractivity contribution is 5.77. The molecule has 0 aromatic rings. The lowest BCUT2D eigenvalue weighted by atomic mass is 9.86. The summed E-state index contributed by atoms with van der Waals surface area (Å²) in [5.41, 5.74) is 5.57. The van der Waals surface area contributed by atoms with E-state index in [4.69, 9.17) is 15.6 Å². The van der Waals surface area contributed by atoms with Crippen LogP contribution in [-0.4, -0.2) is 82.2 Å². The summed E-state index contributed by atoms with van der Waals surface area (Å²) in [4.78, 5) is 34.4. The fourth-order valence-corrected chi connectivity index (χ4v) is 3.29. The Morgan fingerprint density at radius 3 is 2.39 bits per heavy atom.